The lowest BCUT2D eigenvalue weighted by atomic mass is 10.2. The third-order valence-electron chi connectivity index (χ3n) is 1.46. The number of carbonyl (C=O) groups is 1. The van der Waals surface area contributed by atoms with Crippen LogP contribution in [0.5, 0.6) is 0 Å². The zero-order valence-corrected chi connectivity index (χ0v) is 7.93. The van der Waals surface area contributed by atoms with Crippen molar-refractivity contribution in [2.75, 3.05) is 13.1 Å². The van der Waals surface area contributed by atoms with Gasteiger partial charge in [0.1, 0.15) is 6.10 Å². The van der Waals surface area contributed by atoms with Gasteiger partial charge in [-0.05, 0) is 0 Å². The molecule has 0 atom stereocenters. The van der Waals surface area contributed by atoms with E-state index in [1.165, 1.54) is 6.92 Å². The van der Waals surface area contributed by atoms with E-state index in [4.69, 9.17) is 15.4 Å². The van der Waals surface area contributed by atoms with Crippen LogP contribution >= 0.6 is 10.7 Å². The van der Waals surface area contributed by atoms with Crippen molar-refractivity contribution in [1.29, 1.82) is 0 Å². The molecule has 1 heterocycles. The summed E-state index contributed by atoms with van der Waals surface area (Å²) in [6.07, 6.45) is -0.337. The Morgan fingerprint density at radius 1 is 1.58 bits per heavy atom. The molecule has 5 nitrogen and oxygen atoms in total. The Kier molecular flexibility index (Phi) is 2.60. The first kappa shape index (κ1) is 9.76. The number of halogens is 1. The minimum Gasteiger partial charge on any atom is -0.460 e. The fourth-order valence-electron chi connectivity index (χ4n) is 0.888. The van der Waals surface area contributed by atoms with E-state index in [0.29, 0.717) is 0 Å². The van der Waals surface area contributed by atoms with Gasteiger partial charge in [-0.1, -0.05) is 0 Å². The van der Waals surface area contributed by atoms with E-state index < -0.39 is 15.2 Å². The van der Waals surface area contributed by atoms with Gasteiger partial charge in [-0.25, -0.2) is 0 Å². The number of esters is 1. The van der Waals surface area contributed by atoms with Gasteiger partial charge in [0.2, 0.25) is 0 Å². The van der Waals surface area contributed by atoms with Crippen LogP contribution in [-0.2, 0) is 18.8 Å². The van der Waals surface area contributed by atoms with E-state index in [-0.39, 0.29) is 19.2 Å². The van der Waals surface area contributed by atoms with Crippen LogP contribution in [0.1, 0.15) is 6.92 Å². The van der Waals surface area contributed by atoms with Crippen molar-refractivity contribution < 1.29 is 17.9 Å². The molecule has 1 aliphatic rings. The highest BCUT2D eigenvalue weighted by Gasteiger charge is 2.36. The lowest BCUT2D eigenvalue weighted by Gasteiger charge is -2.34. The molecule has 12 heavy (non-hydrogen) atoms. The first-order chi connectivity index (χ1) is 5.39. The standard InChI is InChI=1S/C5H8ClNO4S/c1-4(8)11-5-2-7(3-5)12(6,9)10/h5H,2-3H2,1H3. The van der Waals surface area contributed by atoms with Gasteiger partial charge in [0, 0.05) is 17.6 Å². The Bertz CT molecular complexity index is 282. The Labute approximate surface area is 74.8 Å². The molecule has 0 radical (unpaired) electrons. The molecule has 7 heteroatoms. The summed E-state index contributed by atoms with van der Waals surface area (Å²) >= 11 is 0. The van der Waals surface area contributed by atoms with Crippen molar-refractivity contribution in [3.8, 4) is 0 Å². The number of carbonyl (C=O) groups excluding carboxylic acids is 1. The summed E-state index contributed by atoms with van der Waals surface area (Å²) in [7, 11) is 1.37. The Morgan fingerprint density at radius 2 is 2.08 bits per heavy atom. The van der Waals surface area contributed by atoms with Crippen LogP contribution in [0.3, 0.4) is 0 Å². The van der Waals surface area contributed by atoms with E-state index in [9.17, 15) is 13.2 Å². The normalized spacial score (nSPS) is 20.2. The van der Waals surface area contributed by atoms with Crippen LogP contribution in [0, 0.1) is 0 Å². The maximum atomic E-state index is 10.6. The second kappa shape index (κ2) is 3.20. The first-order valence-corrected chi connectivity index (χ1v) is 5.53. The lowest BCUT2D eigenvalue weighted by Crippen LogP contribution is -2.53. The average Bonchev–Trinajstić information content (AvgIpc) is 1.73. The van der Waals surface area contributed by atoms with Crippen molar-refractivity contribution in [2.45, 2.75) is 13.0 Å². The molecule has 0 bridgehead atoms. The molecule has 1 aliphatic heterocycles. The third-order valence-corrected chi connectivity index (χ3v) is 2.96. The van der Waals surface area contributed by atoms with Gasteiger partial charge < -0.3 is 4.74 Å². The third kappa shape index (κ3) is 2.33. The summed E-state index contributed by atoms with van der Waals surface area (Å²) in [6, 6.07) is 0. The average molecular weight is 214 g/mol. The first-order valence-electron chi connectivity index (χ1n) is 3.26. The van der Waals surface area contributed by atoms with E-state index in [0.717, 1.165) is 4.31 Å². The molecule has 0 aromatic carbocycles. The van der Waals surface area contributed by atoms with Crippen LogP contribution in [-0.4, -0.2) is 37.9 Å². The smallest absolute Gasteiger partial charge is 0.302 e. The molecule has 0 aliphatic carbocycles. The number of hydrogen-bond acceptors (Lipinski definition) is 4. The fraction of sp³-hybridized carbons (Fsp3) is 0.800. The van der Waals surface area contributed by atoms with Crippen molar-refractivity contribution in [3.63, 3.8) is 0 Å². The maximum absolute atomic E-state index is 10.6. The summed E-state index contributed by atoms with van der Waals surface area (Å²) in [5.41, 5.74) is 0. The number of hydrogen-bond donors (Lipinski definition) is 0. The predicted molar refractivity (Wildman–Crippen MR) is 41.9 cm³/mol. The second-order valence-corrected chi connectivity index (χ2v) is 5.00. The van der Waals surface area contributed by atoms with Crippen molar-refractivity contribution in [3.05, 3.63) is 0 Å². The number of ether oxygens (including phenoxy) is 1. The van der Waals surface area contributed by atoms with Crippen LogP contribution < -0.4 is 0 Å². The van der Waals surface area contributed by atoms with Gasteiger partial charge in [0.05, 0.1) is 13.1 Å². The number of rotatable bonds is 2. The van der Waals surface area contributed by atoms with E-state index in [1.807, 2.05) is 0 Å². The lowest BCUT2D eigenvalue weighted by molar-refractivity contribution is -0.151. The zero-order chi connectivity index (χ0) is 9.35. The molecule has 0 N–H and O–H groups in total. The Morgan fingerprint density at radius 3 is 2.42 bits per heavy atom. The molecule has 70 valence electrons. The van der Waals surface area contributed by atoms with Gasteiger partial charge >= 0.3 is 5.97 Å². The molecule has 1 saturated heterocycles. The fourth-order valence-corrected chi connectivity index (χ4v) is 1.91. The molecule has 0 unspecified atom stereocenters. The minimum absolute atomic E-state index is 0.158. The van der Waals surface area contributed by atoms with Crippen LogP contribution in [0.15, 0.2) is 0 Å². The van der Waals surface area contributed by atoms with Gasteiger partial charge in [0.25, 0.3) is 9.24 Å². The Hall–Kier alpha value is -0.330. The molecular formula is C5H8ClNO4S. The second-order valence-electron chi connectivity index (χ2n) is 2.49. The number of nitrogens with zero attached hydrogens (tertiary/aromatic N) is 1. The monoisotopic (exact) mass is 213 g/mol. The maximum Gasteiger partial charge on any atom is 0.302 e. The molecule has 0 spiro atoms. The highest BCUT2D eigenvalue weighted by atomic mass is 35.7. The summed E-state index contributed by atoms with van der Waals surface area (Å²) in [6.45, 7) is 1.59. The molecule has 0 saturated carbocycles. The van der Waals surface area contributed by atoms with Crippen LogP contribution in [0.25, 0.3) is 0 Å². The van der Waals surface area contributed by atoms with Gasteiger partial charge in [-0.15, -0.1) is 0 Å². The Balaban J connectivity index is 2.34. The minimum atomic E-state index is -3.62. The SMILES string of the molecule is CC(=O)OC1CN(S(=O)(=O)Cl)C1. The molecule has 0 amide bonds. The van der Waals surface area contributed by atoms with Crippen LogP contribution in [0.2, 0.25) is 0 Å². The molecule has 1 rings (SSSR count). The highest BCUT2D eigenvalue weighted by molar-refractivity contribution is 8.11. The summed E-state index contributed by atoms with van der Waals surface area (Å²) in [5.74, 6) is -0.411. The van der Waals surface area contributed by atoms with E-state index in [1.54, 1.807) is 0 Å². The van der Waals surface area contributed by atoms with Crippen molar-refractivity contribution in [1.82, 2.24) is 4.31 Å². The predicted octanol–water partition coefficient (Wildman–Crippen LogP) is -0.283. The van der Waals surface area contributed by atoms with Crippen LogP contribution in [0.4, 0.5) is 0 Å². The molecule has 1 fully saturated rings. The topological polar surface area (TPSA) is 63.7 Å². The molecule has 0 aromatic heterocycles. The van der Waals surface area contributed by atoms with Crippen molar-refractivity contribution >= 4 is 25.9 Å². The summed E-state index contributed by atoms with van der Waals surface area (Å²) in [5, 5.41) is 0. The molecule has 0 aromatic rings. The summed E-state index contributed by atoms with van der Waals surface area (Å²) < 4.78 is 26.9. The van der Waals surface area contributed by atoms with Gasteiger partial charge in [0.15, 0.2) is 0 Å². The largest absolute Gasteiger partial charge is 0.460 e. The quantitative estimate of drug-likeness (QED) is 0.468. The van der Waals surface area contributed by atoms with E-state index >= 15 is 0 Å². The van der Waals surface area contributed by atoms with Gasteiger partial charge in [-0.3, -0.25) is 4.79 Å². The van der Waals surface area contributed by atoms with Gasteiger partial charge in [-0.2, -0.15) is 12.7 Å². The summed E-state index contributed by atoms with van der Waals surface area (Å²) in [4.78, 5) is 10.4. The molecular weight excluding hydrogens is 206 g/mol. The van der Waals surface area contributed by atoms with Crippen molar-refractivity contribution in [2.24, 2.45) is 0 Å². The highest BCUT2D eigenvalue weighted by Crippen LogP contribution is 2.18. The zero-order valence-electron chi connectivity index (χ0n) is 6.36. The van der Waals surface area contributed by atoms with E-state index in [2.05, 4.69) is 0 Å².